The Morgan fingerprint density at radius 3 is 1.80 bits per heavy atom. The lowest BCUT2D eigenvalue weighted by Gasteiger charge is -2.21. The number of hydrogen-bond acceptors (Lipinski definition) is 8. The third kappa shape index (κ3) is 3.58. The van der Waals surface area contributed by atoms with E-state index in [0.29, 0.717) is 11.3 Å². The molecule has 0 aliphatic carbocycles. The second-order valence-corrected chi connectivity index (χ2v) is 5.52. The molecule has 1 saturated heterocycles. The van der Waals surface area contributed by atoms with Crippen LogP contribution in [0.4, 0.5) is 0 Å². The van der Waals surface area contributed by atoms with Crippen LogP contribution in [-0.2, 0) is 28.6 Å². The van der Waals surface area contributed by atoms with Gasteiger partial charge in [0.25, 0.3) is 0 Å². The molecule has 0 spiro atoms. The summed E-state index contributed by atoms with van der Waals surface area (Å²) < 4.78 is 19.5. The summed E-state index contributed by atoms with van der Waals surface area (Å²) in [7, 11) is 5.19. The lowest BCUT2D eigenvalue weighted by molar-refractivity contribution is -0.159. The number of benzene rings is 1. The molecule has 8 nitrogen and oxygen atoms in total. The Balaban J connectivity index is 2.47. The highest BCUT2D eigenvalue weighted by molar-refractivity contribution is 5.91. The summed E-state index contributed by atoms with van der Waals surface area (Å²) in [5.74, 6) is -3.30. The van der Waals surface area contributed by atoms with Gasteiger partial charge in [-0.15, -0.1) is 0 Å². The zero-order valence-electron chi connectivity index (χ0n) is 14.5. The van der Waals surface area contributed by atoms with E-state index in [2.05, 4.69) is 5.32 Å². The molecule has 0 radical (unpaired) electrons. The van der Waals surface area contributed by atoms with Crippen molar-refractivity contribution < 1.29 is 33.3 Å². The van der Waals surface area contributed by atoms with Crippen LogP contribution in [0.2, 0.25) is 0 Å². The second-order valence-electron chi connectivity index (χ2n) is 5.52. The number of methoxy groups -OCH3 is 4. The van der Waals surface area contributed by atoms with Gasteiger partial charge in [-0.3, -0.25) is 19.7 Å². The molecule has 0 amide bonds. The molecule has 1 heterocycles. The number of esters is 3. The summed E-state index contributed by atoms with van der Waals surface area (Å²) in [6.45, 7) is 0. The highest BCUT2D eigenvalue weighted by Crippen LogP contribution is 2.39. The molecule has 25 heavy (non-hydrogen) atoms. The molecule has 8 heteroatoms. The van der Waals surface area contributed by atoms with E-state index in [-0.39, 0.29) is 0 Å². The molecule has 4 atom stereocenters. The standard InChI is InChI=1S/C17H21NO7/c1-22-10-7-5-9(6-8-10)13-11(15(19)23-2)12(16(20)24-3)14(18-13)17(21)25-4/h5-8,11-14,18H,1-4H3. The molecule has 2 rings (SSSR count). The van der Waals surface area contributed by atoms with Gasteiger partial charge in [0.1, 0.15) is 11.8 Å². The van der Waals surface area contributed by atoms with Crippen LogP contribution in [0, 0.1) is 11.8 Å². The van der Waals surface area contributed by atoms with Gasteiger partial charge in [-0.05, 0) is 17.7 Å². The highest BCUT2D eigenvalue weighted by Gasteiger charge is 2.55. The Bertz CT molecular complexity index is 643. The molecule has 1 N–H and O–H groups in total. The highest BCUT2D eigenvalue weighted by atomic mass is 16.5. The molecular weight excluding hydrogens is 330 g/mol. The van der Waals surface area contributed by atoms with Crippen molar-refractivity contribution in [2.24, 2.45) is 11.8 Å². The van der Waals surface area contributed by atoms with Gasteiger partial charge in [-0.2, -0.15) is 0 Å². The fourth-order valence-corrected chi connectivity index (χ4v) is 3.11. The van der Waals surface area contributed by atoms with E-state index in [1.54, 1.807) is 31.4 Å². The molecule has 1 fully saturated rings. The molecule has 4 unspecified atom stereocenters. The fraction of sp³-hybridized carbons (Fsp3) is 0.471. The van der Waals surface area contributed by atoms with Gasteiger partial charge in [-0.25, -0.2) is 0 Å². The Kier molecular flexibility index (Phi) is 5.97. The van der Waals surface area contributed by atoms with E-state index in [0.717, 1.165) is 0 Å². The summed E-state index contributed by atoms with van der Waals surface area (Å²) in [6.07, 6.45) is 0. The smallest absolute Gasteiger partial charge is 0.323 e. The van der Waals surface area contributed by atoms with Gasteiger partial charge in [0, 0.05) is 6.04 Å². The van der Waals surface area contributed by atoms with E-state index in [1.807, 2.05) is 0 Å². The van der Waals surface area contributed by atoms with E-state index < -0.39 is 41.8 Å². The minimum atomic E-state index is -1.06. The molecule has 1 aromatic carbocycles. The zero-order valence-corrected chi connectivity index (χ0v) is 14.5. The summed E-state index contributed by atoms with van der Waals surface area (Å²) in [5, 5.41) is 3.01. The lowest BCUT2D eigenvalue weighted by Crippen LogP contribution is -2.42. The topological polar surface area (TPSA) is 100 Å². The van der Waals surface area contributed by atoms with Crippen molar-refractivity contribution in [3.8, 4) is 5.75 Å². The van der Waals surface area contributed by atoms with E-state index in [4.69, 9.17) is 18.9 Å². The van der Waals surface area contributed by atoms with Crippen molar-refractivity contribution in [2.45, 2.75) is 12.1 Å². The lowest BCUT2D eigenvalue weighted by atomic mass is 9.84. The van der Waals surface area contributed by atoms with Gasteiger partial charge in [0.15, 0.2) is 0 Å². The van der Waals surface area contributed by atoms with Crippen molar-refractivity contribution >= 4 is 17.9 Å². The third-order valence-electron chi connectivity index (χ3n) is 4.34. The van der Waals surface area contributed by atoms with Crippen molar-refractivity contribution in [2.75, 3.05) is 28.4 Å². The Morgan fingerprint density at radius 1 is 0.800 bits per heavy atom. The number of carbonyl (C=O) groups excluding carboxylic acids is 3. The van der Waals surface area contributed by atoms with Gasteiger partial charge < -0.3 is 18.9 Å². The number of rotatable bonds is 5. The molecule has 0 bridgehead atoms. The first-order chi connectivity index (χ1) is 12.0. The van der Waals surface area contributed by atoms with Crippen LogP contribution < -0.4 is 10.1 Å². The second kappa shape index (κ2) is 7.98. The molecular formula is C17H21NO7. The van der Waals surface area contributed by atoms with Gasteiger partial charge in [0.05, 0.1) is 40.3 Å². The van der Waals surface area contributed by atoms with E-state index in [9.17, 15) is 14.4 Å². The van der Waals surface area contributed by atoms with Crippen LogP contribution in [0.15, 0.2) is 24.3 Å². The Morgan fingerprint density at radius 2 is 1.32 bits per heavy atom. The van der Waals surface area contributed by atoms with E-state index in [1.165, 1.54) is 21.3 Å². The van der Waals surface area contributed by atoms with Crippen molar-refractivity contribution in [1.82, 2.24) is 5.32 Å². The number of nitrogens with one attached hydrogen (secondary N) is 1. The first-order valence-corrected chi connectivity index (χ1v) is 7.62. The zero-order chi connectivity index (χ0) is 18.6. The molecule has 1 aliphatic rings. The maximum absolute atomic E-state index is 12.4. The average molecular weight is 351 g/mol. The minimum absolute atomic E-state index is 0.616. The Labute approximate surface area is 145 Å². The van der Waals surface area contributed by atoms with Crippen molar-refractivity contribution in [1.29, 1.82) is 0 Å². The molecule has 1 aliphatic heterocycles. The van der Waals surface area contributed by atoms with Gasteiger partial charge in [0.2, 0.25) is 0 Å². The number of carbonyl (C=O) groups is 3. The predicted octanol–water partition coefficient (Wildman–Crippen LogP) is 0.459. The molecule has 0 aromatic heterocycles. The van der Waals surface area contributed by atoms with Crippen LogP contribution in [0.1, 0.15) is 11.6 Å². The quantitative estimate of drug-likeness (QED) is 0.603. The number of ether oxygens (including phenoxy) is 4. The van der Waals surface area contributed by atoms with Crippen LogP contribution in [0.5, 0.6) is 5.75 Å². The van der Waals surface area contributed by atoms with E-state index >= 15 is 0 Å². The molecule has 0 saturated carbocycles. The number of hydrogen-bond donors (Lipinski definition) is 1. The van der Waals surface area contributed by atoms with Crippen LogP contribution in [0.25, 0.3) is 0 Å². The third-order valence-corrected chi connectivity index (χ3v) is 4.34. The summed E-state index contributed by atoms with van der Waals surface area (Å²) in [6, 6.07) is 5.31. The first-order valence-electron chi connectivity index (χ1n) is 7.62. The fourth-order valence-electron chi connectivity index (χ4n) is 3.11. The minimum Gasteiger partial charge on any atom is -0.497 e. The molecule has 136 valence electrons. The average Bonchev–Trinajstić information content (AvgIpc) is 3.06. The first kappa shape index (κ1) is 18.7. The maximum atomic E-state index is 12.4. The molecule has 1 aromatic rings. The summed E-state index contributed by atoms with van der Waals surface area (Å²) >= 11 is 0. The SMILES string of the molecule is COC(=O)C1NC(c2ccc(OC)cc2)C(C(=O)OC)C1C(=O)OC. The van der Waals surface area contributed by atoms with Gasteiger partial charge >= 0.3 is 17.9 Å². The van der Waals surface area contributed by atoms with Crippen LogP contribution in [0.3, 0.4) is 0 Å². The monoisotopic (exact) mass is 351 g/mol. The van der Waals surface area contributed by atoms with Gasteiger partial charge in [-0.1, -0.05) is 12.1 Å². The van der Waals surface area contributed by atoms with Crippen LogP contribution >= 0.6 is 0 Å². The predicted molar refractivity (Wildman–Crippen MR) is 85.7 cm³/mol. The largest absolute Gasteiger partial charge is 0.497 e. The maximum Gasteiger partial charge on any atom is 0.323 e. The summed E-state index contributed by atoms with van der Waals surface area (Å²) in [4.78, 5) is 36.7. The summed E-state index contributed by atoms with van der Waals surface area (Å²) in [5.41, 5.74) is 0.705. The Hall–Kier alpha value is -2.61. The van der Waals surface area contributed by atoms with Crippen molar-refractivity contribution in [3.05, 3.63) is 29.8 Å². The van der Waals surface area contributed by atoms with Crippen molar-refractivity contribution in [3.63, 3.8) is 0 Å². The van der Waals surface area contributed by atoms with Crippen LogP contribution in [-0.4, -0.2) is 52.4 Å². The normalized spacial score (nSPS) is 25.1.